The van der Waals surface area contributed by atoms with Gasteiger partial charge in [-0.1, -0.05) is 23.2 Å². The summed E-state index contributed by atoms with van der Waals surface area (Å²) in [5.74, 6) is 0.429. The van der Waals surface area contributed by atoms with Gasteiger partial charge in [0.2, 0.25) is 0 Å². The summed E-state index contributed by atoms with van der Waals surface area (Å²) in [7, 11) is 0. The SMILES string of the molecule is N#Cc1cc(Cl)c(Nc2nc3ccncc3c3c(=O)[nH]ccc23)c(Cl)c1. The zero-order chi connectivity index (χ0) is 18.3. The van der Waals surface area contributed by atoms with E-state index >= 15 is 0 Å². The van der Waals surface area contributed by atoms with Gasteiger partial charge in [0.15, 0.2) is 0 Å². The van der Waals surface area contributed by atoms with Gasteiger partial charge in [-0.15, -0.1) is 0 Å². The maximum absolute atomic E-state index is 12.4. The highest BCUT2D eigenvalue weighted by molar-refractivity contribution is 6.39. The number of fused-ring (bicyclic) bond motifs is 3. The topological polar surface area (TPSA) is 94.5 Å². The molecule has 3 aromatic heterocycles. The Labute approximate surface area is 157 Å². The fourth-order valence-corrected chi connectivity index (χ4v) is 3.35. The lowest BCUT2D eigenvalue weighted by molar-refractivity contribution is 1.27. The number of hydrogen-bond acceptors (Lipinski definition) is 5. The van der Waals surface area contributed by atoms with Crippen molar-refractivity contribution in [3.63, 3.8) is 0 Å². The van der Waals surface area contributed by atoms with Crippen LogP contribution in [0, 0.1) is 11.3 Å². The highest BCUT2D eigenvalue weighted by Crippen LogP contribution is 2.36. The number of nitriles is 1. The largest absolute Gasteiger partial charge is 0.337 e. The zero-order valence-electron chi connectivity index (χ0n) is 13.0. The summed E-state index contributed by atoms with van der Waals surface area (Å²) >= 11 is 12.5. The molecule has 1 aromatic carbocycles. The lowest BCUT2D eigenvalue weighted by atomic mass is 10.1. The quantitative estimate of drug-likeness (QED) is 0.502. The Morgan fingerprint density at radius 3 is 2.65 bits per heavy atom. The van der Waals surface area contributed by atoms with Crippen molar-refractivity contribution in [1.29, 1.82) is 5.26 Å². The smallest absolute Gasteiger partial charge is 0.256 e. The van der Waals surface area contributed by atoms with Crippen molar-refractivity contribution >= 4 is 56.4 Å². The molecule has 26 heavy (non-hydrogen) atoms. The minimum Gasteiger partial charge on any atom is -0.337 e. The van der Waals surface area contributed by atoms with Crippen LogP contribution in [0.4, 0.5) is 11.5 Å². The summed E-state index contributed by atoms with van der Waals surface area (Å²) < 4.78 is 0. The average Bonchev–Trinajstić information content (AvgIpc) is 2.64. The molecule has 4 aromatic rings. The van der Waals surface area contributed by atoms with Crippen molar-refractivity contribution in [3.8, 4) is 6.07 Å². The fourth-order valence-electron chi connectivity index (χ4n) is 2.77. The van der Waals surface area contributed by atoms with Gasteiger partial charge in [-0.2, -0.15) is 5.26 Å². The molecular weight excluding hydrogens is 373 g/mol. The number of aromatic amines is 1. The molecular formula is C18H9Cl2N5O. The van der Waals surface area contributed by atoms with E-state index in [2.05, 4.69) is 20.3 Å². The molecule has 0 atom stereocenters. The third kappa shape index (κ3) is 2.64. The van der Waals surface area contributed by atoms with E-state index in [1.54, 1.807) is 30.7 Å². The maximum atomic E-state index is 12.4. The predicted octanol–water partition coefficient (Wildman–Crippen LogP) is 4.39. The molecule has 0 radical (unpaired) electrons. The molecule has 0 fully saturated rings. The van der Waals surface area contributed by atoms with Crippen LogP contribution in [0.2, 0.25) is 10.0 Å². The van der Waals surface area contributed by atoms with E-state index in [4.69, 9.17) is 28.5 Å². The summed E-state index contributed by atoms with van der Waals surface area (Å²) in [6, 6.07) is 8.47. The number of anilines is 2. The van der Waals surface area contributed by atoms with Gasteiger partial charge in [0.05, 0.1) is 38.3 Å². The first-order valence-corrected chi connectivity index (χ1v) is 8.25. The van der Waals surface area contributed by atoms with E-state index < -0.39 is 0 Å². The van der Waals surface area contributed by atoms with Crippen LogP contribution in [0.5, 0.6) is 0 Å². The highest BCUT2D eigenvalue weighted by atomic mass is 35.5. The minimum atomic E-state index is -0.247. The van der Waals surface area contributed by atoms with Gasteiger partial charge in [0.1, 0.15) is 5.82 Å². The van der Waals surface area contributed by atoms with Gasteiger partial charge in [-0.05, 0) is 24.3 Å². The number of hydrogen-bond donors (Lipinski definition) is 2. The molecule has 0 unspecified atom stereocenters. The molecule has 126 valence electrons. The molecule has 3 heterocycles. The van der Waals surface area contributed by atoms with Gasteiger partial charge in [0, 0.05) is 29.4 Å². The van der Waals surface area contributed by atoms with Crippen molar-refractivity contribution < 1.29 is 0 Å². The van der Waals surface area contributed by atoms with Crippen LogP contribution in [0.25, 0.3) is 21.7 Å². The van der Waals surface area contributed by atoms with E-state index in [1.165, 1.54) is 12.1 Å². The molecule has 0 aliphatic rings. The van der Waals surface area contributed by atoms with Crippen molar-refractivity contribution in [2.75, 3.05) is 5.32 Å². The van der Waals surface area contributed by atoms with Crippen LogP contribution in [-0.4, -0.2) is 15.0 Å². The van der Waals surface area contributed by atoms with Crippen molar-refractivity contribution in [3.05, 3.63) is 68.8 Å². The third-order valence-corrected chi connectivity index (χ3v) is 4.53. The van der Waals surface area contributed by atoms with Crippen molar-refractivity contribution in [1.82, 2.24) is 15.0 Å². The molecule has 0 bridgehead atoms. The Morgan fingerprint density at radius 2 is 1.92 bits per heavy atom. The fraction of sp³-hybridized carbons (Fsp3) is 0. The first-order valence-electron chi connectivity index (χ1n) is 7.50. The molecule has 0 aliphatic heterocycles. The molecule has 2 N–H and O–H groups in total. The van der Waals surface area contributed by atoms with Gasteiger partial charge in [-0.25, -0.2) is 4.98 Å². The van der Waals surface area contributed by atoms with Crippen LogP contribution >= 0.6 is 23.2 Å². The standard InChI is InChI=1S/C18H9Cl2N5O/c19-12-5-9(7-21)6-13(20)16(12)25-17-10-1-4-23-18(26)15(10)11-8-22-3-2-14(11)24-17/h1-6,8H,(H,23,26)(H,24,25). The number of benzene rings is 1. The Morgan fingerprint density at radius 1 is 1.15 bits per heavy atom. The second-order valence-corrected chi connectivity index (χ2v) is 6.31. The second-order valence-electron chi connectivity index (χ2n) is 5.50. The maximum Gasteiger partial charge on any atom is 0.256 e. The lowest BCUT2D eigenvalue weighted by Gasteiger charge is -2.13. The van der Waals surface area contributed by atoms with Crippen LogP contribution in [0.15, 0.2) is 47.7 Å². The van der Waals surface area contributed by atoms with E-state index in [1.807, 2.05) is 6.07 Å². The lowest BCUT2D eigenvalue weighted by Crippen LogP contribution is -2.08. The highest BCUT2D eigenvalue weighted by Gasteiger charge is 2.15. The van der Waals surface area contributed by atoms with Gasteiger partial charge in [0.25, 0.3) is 5.56 Å². The number of aromatic nitrogens is 3. The monoisotopic (exact) mass is 381 g/mol. The Hall–Kier alpha value is -3.14. The Bertz CT molecular complexity index is 1250. The average molecular weight is 382 g/mol. The summed E-state index contributed by atoms with van der Waals surface area (Å²) in [4.78, 5) is 23.7. The number of rotatable bonds is 2. The molecule has 0 saturated heterocycles. The minimum absolute atomic E-state index is 0.247. The molecule has 4 rings (SSSR count). The van der Waals surface area contributed by atoms with Crippen molar-refractivity contribution in [2.45, 2.75) is 0 Å². The molecule has 0 amide bonds. The molecule has 0 aliphatic carbocycles. The van der Waals surface area contributed by atoms with Crippen LogP contribution in [-0.2, 0) is 0 Å². The number of nitrogens with zero attached hydrogens (tertiary/aromatic N) is 3. The molecule has 0 spiro atoms. The normalized spacial score (nSPS) is 10.8. The molecule has 6 nitrogen and oxygen atoms in total. The number of H-pyrrole nitrogens is 1. The van der Waals surface area contributed by atoms with E-state index in [0.29, 0.717) is 38.7 Å². The van der Waals surface area contributed by atoms with E-state index in [-0.39, 0.29) is 15.6 Å². The van der Waals surface area contributed by atoms with Crippen LogP contribution in [0.1, 0.15) is 5.56 Å². The van der Waals surface area contributed by atoms with Gasteiger partial charge >= 0.3 is 0 Å². The zero-order valence-corrected chi connectivity index (χ0v) is 14.6. The Kier molecular flexibility index (Phi) is 3.96. The van der Waals surface area contributed by atoms with Gasteiger partial charge in [-0.3, -0.25) is 9.78 Å². The predicted molar refractivity (Wildman–Crippen MR) is 102 cm³/mol. The van der Waals surface area contributed by atoms with Crippen LogP contribution < -0.4 is 10.9 Å². The first-order chi connectivity index (χ1) is 12.6. The van der Waals surface area contributed by atoms with E-state index in [9.17, 15) is 4.79 Å². The first kappa shape index (κ1) is 16.3. The summed E-state index contributed by atoms with van der Waals surface area (Å²) in [5, 5.41) is 14.4. The third-order valence-electron chi connectivity index (χ3n) is 3.93. The number of halogens is 2. The Balaban J connectivity index is 1.99. The van der Waals surface area contributed by atoms with Crippen molar-refractivity contribution in [2.24, 2.45) is 0 Å². The number of pyridine rings is 3. The van der Waals surface area contributed by atoms with E-state index in [0.717, 1.165) is 0 Å². The molecule has 0 saturated carbocycles. The second kappa shape index (κ2) is 6.30. The summed E-state index contributed by atoms with van der Waals surface area (Å²) in [6.07, 6.45) is 4.75. The van der Waals surface area contributed by atoms with Crippen LogP contribution in [0.3, 0.4) is 0 Å². The summed E-state index contributed by atoms with van der Waals surface area (Å²) in [5.41, 5.74) is 1.12. The number of nitrogens with one attached hydrogen (secondary N) is 2. The summed E-state index contributed by atoms with van der Waals surface area (Å²) in [6.45, 7) is 0. The molecule has 8 heteroatoms. The van der Waals surface area contributed by atoms with Gasteiger partial charge < -0.3 is 10.3 Å².